The van der Waals surface area contributed by atoms with Gasteiger partial charge in [-0.3, -0.25) is 0 Å². The second-order valence-electron chi connectivity index (χ2n) is 4.37. The first-order valence-corrected chi connectivity index (χ1v) is 6.44. The van der Waals surface area contributed by atoms with Gasteiger partial charge in [0.05, 0.1) is 13.2 Å². The van der Waals surface area contributed by atoms with E-state index in [0.717, 1.165) is 55.8 Å². The first kappa shape index (κ1) is 12.7. The van der Waals surface area contributed by atoms with Crippen LogP contribution in [-0.4, -0.2) is 39.5 Å². The van der Waals surface area contributed by atoms with Crippen LogP contribution >= 0.6 is 11.6 Å². The van der Waals surface area contributed by atoms with Crippen LogP contribution in [0.3, 0.4) is 0 Å². The smallest absolute Gasteiger partial charge is 0.137 e. The molecule has 1 aromatic carbocycles. The summed E-state index contributed by atoms with van der Waals surface area (Å²) in [7, 11) is 0. The molecule has 1 aliphatic rings. The molecule has 1 heterocycles. The minimum Gasteiger partial charge on any atom is -0.487 e. The summed E-state index contributed by atoms with van der Waals surface area (Å²) in [5.74, 6) is 0.932. The molecule has 0 saturated carbocycles. The number of rotatable bonds is 4. The van der Waals surface area contributed by atoms with E-state index in [0.29, 0.717) is 0 Å². The van der Waals surface area contributed by atoms with Crippen molar-refractivity contribution in [2.45, 2.75) is 6.92 Å². The Morgan fingerprint density at radius 3 is 2.82 bits per heavy atom. The zero-order valence-electron chi connectivity index (χ0n) is 10.2. The van der Waals surface area contributed by atoms with Crippen molar-refractivity contribution < 1.29 is 14.4 Å². The minimum atomic E-state index is 0.748. The van der Waals surface area contributed by atoms with Gasteiger partial charge in [-0.1, -0.05) is 11.6 Å². The normalized spacial score (nSPS) is 17.1. The van der Waals surface area contributed by atoms with Gasteiger partial charge >= 0.3 is 0 Å². The van der Waals surface area contributed by atoms with E-state index in [1.54, 1.807) is 4.90 Å². The summed E-state index contributed by atoms with van der Waals surface area (Å²) < 4.78 is 11.1. The van der Waals surface area contributed by atoms with Gasteiger partial charge in [0.15, 0.2) is 0 Å². The predicted molar refractivity (Wildman–Crippen MR) is 68.1 cm³/mol. The average Bonchev–Trinajstić information content (AvgIpc) is 2.33. The summed E-state index contributed by atoms with van der Waals surface area (Å²) in [4.78, 5) is 1.56. The fourth-order valence-electron chi connectivity index (χ4n) is 1.99. The maximum atomic E-state index is 5.90. The summed E-state index contributed by atoms with van der Waals surface area (Å²) >= 11 is 5.90. The van der Waals surface area contributed by atoms with Crippen molar-refractivity contribution in [1.29, 1.82) is 0 Å². The molecule has 1 fully saturated rings. The van der Waals surface area contributed by atoms with Crippen molar-refractivity contribution in [1.82, 2.24) is 0 Å². The first-order valence-electron chi connectivity index (χ1n) is 6.06. The monoisotopic (exact) mass is 256 g/mol. The molecule has 0 bridgehead atoms. The minimum absolute atomic E-state index is 0.748. The van der Waals surface area contributed by atoms with Crippen LogP contribution in [0.4, 0.5) is 0 Å². The molecule has 2 rings (SSSR count). The van der Waals surface area contributed by atoms with Crippen molar-refractivity contribution in [3.05, 3.63) is 28.8 Å². The molecular weight excluding hydrogens is 238 g/mol. The maximum Gasteiger partial charge on any atom is 0.137 e. The molecule has 1 saturated heterocycles. The van der Waals surface area contributed by atoms with Gasteiger partial charge in [-0.25, -0.2) is 0 Å². The van der Waals surface area contributed by atoms with E-state index in [2.05, 4.69) is 0 Å². The van der Waals surface area contributed by atoms with Crippen molar-refractivity contribution in [3.8, 4) is 5.75 Å². The van der Waals surface area contributed by atoms with E-state index in [-0.39, 0.29) is 0 Å². The Labute approximate surface area is 107 Å². The van der Waals surface area contributed by atoms with Crippen molar-refractivity contribution in [2.24, 2.45) is 0 Å². The van der Waals surface area contributed by atoms with Crippen LogP contribution in [0.2, 0.25) is 5.02 Å². The van der Waals surface area contributed by atoms with Crippen LogP contribution in [0.25, 0.3) is 0 Å². The first-order chi connectivity index (χ1) is 8.25. The maximum absolute atomic E-state index is 5.90. The highest BCUT2D eigenvalue weighted by Crippen LogP contribution is 2.21. The quantitative estimate of drug-likeness (QED) is 0.867. The zero-order valence-corrected chi connectivity index (χ0v) is 10.9. The second kappa shape index (κ2) is 6.24. The Kier molecular flexibility index (Phi) is 4.66. The fourth-order valence-corrected chi connectivity index (χ4v) is 2.22. The van der Waals surface area contributed by atoms with Gasteiger partial charge in [0.2, 0.25) is 0 Å². The highest BCUT2D eigenvalue weighted by Gasteiger charge is 2.13. The second-order valence-corrected chi connectivity index (χ2v) is 4.81. The third-order valence-corrected chi connectivity index (χ3v) is 3.29. The lowest BCUT2D eigenvalue weighted by molar-refractivity contribution is -0.908. The SMILES string of the molecule is Cc1cc(Cl)ccc1OCC[NH+]1CCOCC1. The molecule has 0 unspecified atom stereocenters. The van der Waals surface area contributed by atoms with Crippen LogP contribution in [0.5, 0.6) is 5.75 Å². The molecule has 0 aromatic heterocycles. The van der Waals surface area contributed by atoms with Gasteiger partial charge in [-0.15, -0.1) is 0 Å². The van der Waals surface area contributed by atoms with E-state index < -0.39 is 0 Å². The largest absolute Gasteiger partial charge is 0.487 e. The van der Waals surface area contributed by atoms with E-state index >= 15 is 0 Å². The molecule has 1 N–H and O–H groups in total. The molecule has 0 spiro atoms. The third-order valence-electron chi connectivity index (χ3n) is 3.05. The number of nitrogens with one attached hydrogen (secondary N) is 1. The standard InChI is InChI=1S/C13H18ClNO2/c1-11-10-12(14)2-3-13(11)17-9-6-15-4-7-16-8-5-15/h2-3,10H,4-9H2,1H3/p+1. The molecule has 0 aliphatic carbocycles. The van der Waals surface area contributed by atoms with Gasteiger partial charge in [-0.05, 0) is 30.7 Å². The summed E-state index contributed by atoms with van der Waals surface area (Å²) in [5.41, 5.74) is 1.09. The molecule has 1 aromatic rings. The zero-order chi connectivity index (χ0) is 12.1. The lowest BCUT2D eigenvalue weighted by Gasteiger charge is -2.23. The number of aryl methyl sites for hydroxylation is 1. The van der Waals surface area contributed by atoms with E-state index in [1.807, 2.05) is 25.1 Å². The number of ether oxygens (including phenoxy) is 2. The highest BCUT2D eigenvalue weighted by atomic mass is 35.5. The number of halogens is 1. The summed E-state index contributed by atoms with van der Waals surface area (Å²) in [6.07, 6.45) is 0. The van der Waals surface area contributed by atoms with Gasteiger partial charge in [-0.2, -0.15) is 0 Å². The average molecular weight is 257 g/mol. The van der Waals surface area contributed by atoms with Crippen LogP contribution in [0.1, 0.15) is 5.56 Å². The Hall–Kier alpha value is -0.770. The van der Waals surface area contributed by atoms with E-state index in [9.17, 15) is 0 Å². The summed E-state index contributed by atoms with van der Waals surface area (Å²) in [6.45, 7) is 7.71. The Bertz CT molecular complexity index is 364. The molecule has 0 amide bonds. The fraction of sp³-hybridized carbons (Fsp3) is 0.538. The molecule has 17 heavy (non-hydrogen) atoms. The lowest BCUT2D eigenvalue weighted by atomic mass is 10.2. The Morgan fingerprint density at radius 2 is 2.12 bits per heavy atom. The van der Waals surface area contributed by atoms with E-state index in [1.165, 1.54) is 0 Å². The van der Waals surface area contributed by atoms with Crippen molar-refractivity contribution >= 4 is 11.6 Å². The van der Waals surface area contributed by atoms with Crippen LogP contribution in [0, 0.1) is 6.92 Å². The highest BCUT2D eigenvalue weighted by molar-refractivity contribution is 6.30. The summed E-state index contributed by atoms with van der Waals surface area (Å²) in [6, 6.07) is 5.73. The van der Waals surface area contributed by atoms with Crippen LogP contribution in [-0.2, 0) is 4.74 Å². The van der Waals surface area contributed by atoms with Crippen LogP contribution in [0.15, 0.2) is 18.2 Å². The molecular formula is C13H19ClNO2+. The van der Waals surface area contributed by atoms with Crippen molar-refractivity contribution in [2.75, 3.05) is 39.5 Å². The Balaban J connectivity index is 1.77. The molecule has 3 nitrogen and oxygen atoms in total. The number of quaternary nitrogens is 1. The third kappa shape index (κ3) is 3.87. The molecule has 0 atom stereocenters. The molecule has 0 radical (unpaired) electrons. The lowest BCUT2D eigenvalue weighted by Crippen LogP contribution is -3.14. The molecule has 94 valence electrons. The van der Waals surface area contributed by atoms with E-state index in [4.69, 9.17) is 21.1 Å². The van der Waals surface area contributed by atoms with Gasteiger partial charge in [0, 0.05) is 5.02 Å². The van der Waals surface area contributed by atoms with Gasteiger partial charge < -0.3 is 14.4 Å². The van der Waals surface area contributed by atoms with Gasteiger partial charge in [0.25, 0.3) is 0 Å². The predicted octanol–water partition coefficient (Wildman–Crippen LogP) is 0.942. The molecule has 4 heteroatoms. The number of morpholine rings is 1. The molecule has 1 aliphatic heterocycles. The Morgan fingerprint density at radius 1 is 1.35 bits per heavy atom. The van der Waals surface area contributed by atoms with Gasteiger partial charge in [0.1, 0.15) is 32.0 Å². The number of hydrogen-bond donors (Lipinski definition) is 1. The number of hydrogen-bond acceptors (Lipinski definition) is 2. The number of benzene rings is 1. The topological polar surface area (TPSA) is 22.9 Å². The van der Waals surface area contributed by atoms with Crippen molar-refractivity contribution in [3.63, 3.8) is 0 Å². The van der Waals surface area contributed by atoms with Crippen LogP contribution < -0.4 is 9.64 Å². The summed E-state index contributed by atoms with van der Waals surface area (Å²) in [5, 5.41) is 0.758.